The zero-order valence-electron chi connectivity index (χ0n) is 12.7. The van der Waals surface area contributed by atoms with Crippen LogP contribution in [0.3, 0.4) is 0 Å². The van der Waals surface area contributed by atoms with Gasteiger partial charge in [0.2, 0.25) is 0 Å². The van der Waals surface area contributed by atoms with Crippen molar-refractivity contribution in [1.82, 2.24) is 5.32 Å². The summed E-state index contributed by atoms with van der Waals surface area (Å²) in [5, 5.41) is 3.78. The van der Waals surface area contributed by atoms with Gasteiger partial charge in [0.05, 0.1) is 0 Å². The molecule has 0 amide bonds. The molecule has 1 aromatic heterocycles. The predicted molar refractivity (Wildman–Crippen MR) is 86.3 cm³/mol. The third-order valence-corrected chi connectivity index (χ3v) is 7.33. The first-order chi connectivity index (χ1) is 9.83. The molecule has 0 radical (unpaired) electrons. The highest BCUT2D eigenvalue weighted by molar-refractivity contribution is 7.12. The van der Waals surface area contributed by atoms with Crippen molar-refractivity contribution in [2.45, 2.75) is 64.3 Å². The van der Waals surface area contributed by atoms with E-state index in [0.717, 1.165) is 24.3 Å². The minimum atomic E-state index is 0.639. The molecule has 3 aliphatic rings. The molecule has 4 atom stereocenters. The van der Waals surface area contributed by atoms with E-state index in [4.69, 9.17) is 0 Å². The van der Waals surface area contributed by atoms with Crippen molar-refractivity contribution in [3.05, 3.63) is 21.4 Å². The van der Waals surface area contributed by atoms with E-state index in [9.17, 15) is 0 Å². The van der Waals surface area contributed by atoms with Gasteiger partial charge in [-0.3, -0.25) is 0 Å². The second kappa shape index (κ2) is 5.46. The Morgan fingerprint density at radius 2 is 2.25 bits per heavy atom. The minimum Gasteiger partial charge on any atom is -0.310 e. The zero-order chi connectivity index (χ0) is 13.5. The average Bonchev–Trinajstić information content (AvgIpc) is 3.17. The van der Waals surface area contributed by atoms with Crippen molar-refractivity contribution in [2.24, 2.45) is 17.8 Å². The molecule has 2 fully saturated rings. The van der Waals surface area contributed by atoms with E-state index < -0.39 is 0 Å². The van der Waals surface area contributed by atoms with Gasteiger partial charge in [-0.15, -0.1) is 11.3 Å². The molecular formula is C18H27NS. The van der Waals surface area contributed by atoms with Crippen molar-refractivity contribution in [3.63, 3.8) is 0 Å². The maximum Gasteiger partial charge on any atom is 0.0417 e. The number of hydrogen-bond donors (Lipinski definition) is 1. The monoisotopic (exact) mass is 289 g/mol. The smallest absolute Gasteiger partial charge is 0.0417 e. The van der Waals surface area contributed by atoms with Crippen LogP contribution in [0.25, 0.3) is 0 Å². The summed E-state index contributed by atoms with van der Waals surface area (Å²) in [5.74, 6) is 3.16. The molecule has 20 heavy (non-hydrogen) atoms. The number of aryl methyl sites for hydroxylation is 2. The summed E-state index contributed by atoms with van der Waals surface area (Å²) in [5.41, 5.74) is 1.67. The zero-order valence-corrected chi connectivity index (χ0v) is 13.5. The molecule has 0 aliphatic heterocycles. The van der Waals surface area contributed by atoms with Crippen molar-refractivity contribution in [1.29, 1.82) is 0 Å². The molecule has 1 nitrogen and oxygen atoms in total. The first-order valence-corrected chi connectivity index (χ1v) is 9.50. The maximum atomic E-state index is 3.78. The summed E-state index contributed by atoms with van der Waals surface area (Å²) in [6.07, 6.45) is 11.6. The van der Waals surface area contributed by atoms with Crippen molar-refractivity contribution >= 4 is 11.3 Å². The number of thiophene rings is 1. The SMILES string of the molecule is CCNC(CC1CC2CCC1C2)c1cc2c(s1)CCC2. The third kappa shape index (κ3) is 2.35. The Morgan fingerprint density at radius 1 is 1.30 bits per heavy atom. The highest BCUT2D eigenvalue weighted by Crippen LogP contribution is 2.51. The third-order valence-electron chi connectivity index (χ3n) is 5.98. The summed E-state index contributed by atoms with van der Waals surface area (Å²) in [6, 6.07) is 3.17. The van der Waals surface area contributed by atoms with Crippen molar-refractivity contribution < 1.29 is 0 Å². The fraction of sp³-hybridized carbons (Fsp3) is 0.778. The second-order valence-electron chi connectivity index (χ2n) is 7.23. The molecule has 1 aromatic rings. The van der Waals surface area contributed by atoms with Crippen LogP contribution >= 0.6 is 11.3 Å². The van der Waals surface area contributed by atoms with Gasteiger partial charge in [0.15, 0.2) is 0 Å². The lowest BCUT2D eigenvalue weighted by atomic mass is 9.84. The van der Waals surface area contributed by atoms with Gasteiger partial charge < -0.3 is 5.32 Å². The van der Waals surface area contributed by atoms with E-state index in [1.807, 2.05) is 0 Å². The lowest BCUT2D eigenvalue weighted by Gasteiger charge is -2.26. The highest BCUT2D eigenvalue weighted by Gasteiger charge is 2.40. The Kier molecular flexibility index (Phi) is 3.64. The van der Waals surface area contributed by atoms with E-state index in [2.05, 4.69) is 29.6 Å². The Hall–Kier alpha value is -0.340. The van der Waals surface area contributed by atoms with Crippen LogP contribution < -0.4 is 5.32 Å². The van der Waals surface area contributed by atoms with Gasteiger partial charge in [0.1, 0.15) is 0 Å². The number of nitrogens with one attached hydrogen (secondary N) is 1. The van der Waals surface area contributed by atoms with Crippen LogP contribution in [0.5, 0.6) is 0 Å². The molecule has 4 unspecified atom stereocenters. The lowest BCUT2D eigenvalue weighted by molar-refractivity contribution is 0.282. The molecule has 0 aromatic carbocycles. The van der Waals surface area contributed by atoms with Gasteiger partial charge in [0.25, 0.3) is 0 Å². The molecule has 0 saturated heterocycles. The average molecular weight is 289 g/mol. The summed E-state index contributed by atoms with van der Waals surface area (Å²) < 4.78 is 0. The topological polar surface area (TPSA) is 12.0 Å². The summed E-state index contributed by atoms with van der Waals surface area (Å²) in [7, 11) is 0. The lowest BCUT2D eigenvalue weighted by Crippen LogP contribution is -2.24. The van der Waals surface area contributed by atoms with E-state index in [1.165, 1.54) is 44.9 Å². The second-order valence-corrected chi connectivity index (χ2v) is 8.40. The highest BCUT2D eigenvalue weighted by atomic mass is 32.1. The summed E-state index contributed by atoms with van der Waals surface area (Å²) in [6.45, 7) is 3.36. The van der Waals surface area contributed by atoms with Crippen molar-refractivity contribution in [2.75, 3.05) is 6.54 Å². The first-order valence-electron chi connectivity index (χ1n) is 8.68. The van der Waals surface area contributed by atoms with Crippen molar-refractivity contribution in [3.8, 4) is 0 Å². The minimum absolute atomic E-state index is 0.639. The molecule has 1 N–H and O–H groups in total. The maximum absolute atomic E-state index is 3.78. The van der Waals surface area contributed by atoms with Crippen LogP contribution in [0.2, 0.25) is 0 Å². The molecule has 0 spiro atoms. The Labute approximate surface area is 127 Å². The molecule has 3 aliphatic carbocycles. The van der Waals surface area contributed by atoms with Crippen LogP contribution in [0.4, 0.5) is 0 Å². The van der Waals surface area contributed by atoms with Crippen LogP contribution in [0, 0.1) is 17.8 Å². The fourth-order valence-corrected chi connectivity index (χ4v) is 6.38. The van der Waals surface area contributed by atoms with Gasteiger partial charge in [0, 0.05) is 15.8 Å². The van der Waals surface area contributed by atoms with E-state index in [1.54, 1.807) is 21.7 Å². The number of hydrogen-bond acceptors (Lipinski definition) is 2. The molecule has 4 rings (SSSR count). The van der Waals surface area contributed by atoms with Gasteiger partial charge >= 0.3 is 0 Å². The molecule has 2 heteroatoms. The molecular weight excluding hydrogens is 262 g/mol. The largest absolute Gasteiger partial charge is 0.310 e. The quantitative estimate of drug-likeness (QED) is 0.827. The van der Waals surface area contributed by atoms with Gasteiger partial charge in [-0.2, -0.15) is 0 Å². The van der Waals surface area contributed by atoms with E-state index >= 15 is 0 Å². The van der Waals surface area contributed by atoms with E-state index in [0.29, 0.717) is 6.04 Å². The van der Waals surface area contributed by atoms with Crippen LogP contribution in [-0.2, 0) is 12.8 Å². The fourth-order valence-electron chi connectivity index (χ4n) is 5.04. The molecule has 2 bridgehead atoms. The molecule has 2 saturated carbocycles. The van der Waals surface area contributed by atoms with Gasteiger partial charge in [-0.05, 0) is 80.9 Å². The predicted octanol–water partition coefficient (Wildman–Crippen LogP) is 4.71. The van der Waals surface area contributed by atoms with Gasteiger partial charge in [-0.25, -0.2) is 0 Å². The summed E-state index contributed by atoms with van der Waals surface area (Å²) in [4.78, 5) is 3.33. The normalized spacial score (nSPS) is 32.8. The number of rotatable bonds is 5. The summed E-state index contributed by atoms with van der Waals surface area (Å²) >= 11 is 2.11. The number of fused-ring (bicyclic) bond motifs is 3. The van der Waals surface area contributed by atoms with Crippen LogP contribution in [-0.4, -0.2) is 6.54 Å². The van der Waals surface area contributed by atoms with Crippen LogP contribution in [0.15, 0.2) is 6.07 Å². The van der Waals surface area contributed by atoms with Crippen LogP contribution in [0.1, 0.15) is 66.8 Å². The Morgan fingerprint density at radius 3 is 2.95 bits per heavy atom. The van der Waals surface area contributed by atoms with Gasteiger partial charge in [-0.1, -0.05) is 13.3 Å². The first kappa shape index (κ1) is 13.3. The Balaban J connectivity index is 1.48. The molecule has 110 valence electrons. The Bertz CT molecular complexity index is 456. The standard InChI is InChI=1S/C18H27NS/c1-2-19-16(10-15-9-12-6-7-13(15)8-12)18-11-14-4-3-5-17(14)20-18/h11-13,15-16,19H,2-10H2,1H3. The van der Waals surface area contributed by atoms with E-state index in [-0.39, 0.29) is 0 Å². The molecule has 1 heterocycles.